The molecule has 1 atom stereocenters. The lowest BCUT2D eigenvalue weighted by atomic mass is 9.93. The van der Waals surface area contributed by atoms with E-state index in [1.54, 1.807) is 0 Å². The zero-order chi connectivity index (χ0) is 16.9. The van der Waals surface area contributed by atoms with Gasteiger partial charge in [0.05, 0.1) is 12.8 Å². The van der Waals surface area contributed by atoms with Gasteiger partial charge in [0.2, 0.25) is 0 Å². The number of fused-ring (bicyclic) bond motifs is 1. The van der Waals surface area contributed by atoms with E-state index in [4.69, 9.17) is 4.74 Å². The zero-order valence-electron chi connectivity index (χ0n) is 13.6. The Morgan fingerprint density at radius 2 is 1.71 bits per heavy atom. The minimum atomic E-state index is -0.530. The molecule has 0 saturated carbocycles. The van der Waals surface area contributed by atoms with Gasteiger partial charge >= 0.3 is 5.97 Å². The fraction of sp³-hybridized carbons (Fsp3) is 0.150. The van der Waals surface area contributed by atoms with Crippen LogP contribution in [0.25, 0.3) is 6.08 Å². The minimum absolute atomic E-state index is 0.327. The number of para-hydroxylation sites is 1. The average molecular weight is 318 g/mol. The molecule has 24 heavy (non-hydrogen) atoms. The van der Waals surface area contributed by atoms with Crippen molar-refractivity contribution in [3.05, 3.63) is 71.8 Å². The summed E-state index contributed by atoms with van der Waals surface area (Å²) >= 11 is 0. The Kier molecular flexibility index (Phi) is 4.66. The quantitative estimate of drug-likeness (QED) is 0.798. The molecule has 0 amide bonds. The molecule has 1 aliphatic rings. The SMILES string of the molecule is COC(=O)[C@@H]1C(C)=NC(/C=C/c2ccccc2)=Nc2ccccc21. The Morgan fingerprint density at radius 1 is 1.00 bits per heavy atom. The number of nitrogens with zero attached hydrogens (tertiary/aromatic N) is 2. The van der Waals surface area contributed by atoms with Crippen LogP contribution in [0, 0.1) is 0 Å². The van der Waals surface area contributed by atoms with E-state index in [0.717, 1.165) is 16.8 Å². The van der Waals surface area contributed by atoms with Gasteiger partial charge in [0, 0.05) is 5.71 Å². The lowest BCUT2D eigenvalue weighted by Crippen LogP contribution is -2.21. The first kappa shape index (κ1) is 15.9. The van der Waals surface area contributed by atoms with Crippen LogP contribution in [0.2, 0.25) is 0 Å². The van der Waals surface area contributed by atoms with E-state index in [2.05, 4.69) is 9.98 Å². The normalized spacial score (nSPS) is 16.8. The summed E-state index contributed by atoms with van der Waals surface area (Å²) in [5.74, 6) is -0.292. The van der Waals surface area contributed by atoms with Crippen LogP contribution in [0.15, 0.2) is 70.7 Å². The molecule has 2 aromatic carbocycles. The second-order valence-electron chi connectivity index (χ2n) is 5.48. The Labute approximate surface area is 141 Å². The van der Waals surface area contributed by atoms with Gasteiger partial charge in [0.25, 0.3) is 0 Å². The molecule has 0 aliphatic carbocycles. The second kappa shape index (κ2) is 7.04. The van der Waals surface area contributed by atoms with Gasteiger partial charge < -0.3 is 4.74 Å². The number of methoxy groups -OCH3 is 1. The molecule has 0 radical (unpaired) electrons. The summed E-state index contributed by atoms with van der Waals surface area (Å²) in [6.07, 6.45) is 3.81. The Hall–Kier alpha value is -3.01. The number of hydrogen-bond acceptors (Lipinski definition) is 4. The van der Waals surface area contributed by atoms with Gasteiger partial charge in [-0.2, -0.15) is 0 Å². The van der Waals surface area contributed by atoms with Crippen molar-refractivity contribution >= 4 is 29.3 Å². The molecule has 0 spiro atoms. The fourth-order valence-electron chi connectivity index (χ4n) is 2.68. The van der Waals surface area contributed by atoms with E-state index in [9.17, 15) is 4.79 Å². The summed E-state index contributed by atoms with van der Waals surface area (Å²) in [7, 11) is 1.39. The third-order valence-corrected chi connectivity index (χ3v) is 3.85. The first-order valence-corrected chi connectivity index (χ1v) is 7.73. The lowest BCUT2D eigenvalue weighted by molar-refractivity contribution is -0.140. The molecule has 1 heterocycles. The molecule has 0 N–H and O–H groups in total. The number of rotatable bonds is 3. The van der Waals surface area contributed by atoms with Crippen molar-refractivity contribution in [1.82, 2.24) is 0 Å². The number of hydrogen-bond donors (Lipinski definition) is 0. The van der Waals surface area contributed by atoms with Gasteiger partial charge in [-0.25, -0.2) is 9.98 Å². The molecule has 4 heteroatoms. The molecule has 0 saturated heterocycles. The summed E-state index contributed by atoms with van der Waals surface area (Å²) in [5.41, 5.74) is 3.29. The van der Waals surface area contributed by atoms with Crippen LogP contribution in [0.5, 0.6) is 0 Å². The molecule has 0 fully saturated rings. The summed E-state index contributed by atoms with van der Waals surface area (Å²) in [6.45, 7) is 1.83. The van der Waals surface area contributed by atoms with Gasteiger partial charge in [-0.3, -0.25) is 4.79 Å². The topological polar surface area (TPSA) is 51.0 Å². The van der Waals surface area contributed by atoms with Crippen molar-refractivity contribution in [3.8, 4) is 0 Å². The molecule has 2 aromatic rings. The molecule has 0 aromatic heterocycles. The molecule has 120 valence electrons. The van der Waals surface area contributed by atoms with E-state index in [1.807, 2.05) is 73.7 Å². The Balaban J connectivity index is 2.03. The highest BCUT2D eigenvalue weighted by molar-refractivity contribution is 6.15. The van der Waals surface area contributed by atoms with Crippen LogP contribution in [0.3, 0.4) is 0 Å². The largest absolute Gasteiger partial charge is 0.468 e. The maximum absolute atomic E-state index is 12.2. The number of carbonyl (C=O) groups is 1. The van der Waals surface area contributed by atoms with Crippen LogP contribution < -0.4 is 0 Å². The van der Waals surface area contributed by atoms with Crippen molar-refractivity contribution in [2.75, 3.05) is 7.11 Å². The van der Waals surface area contributed by atoms with Crippen molar-refractivity contribution < 1.29 is 9.53 Å². The van der Waals surface area contributed by atoms with Crippen molar-refractivity contribution in [3.63, 3.8) is 0 Å². The van der Waals surface area contributed by atoms with Crippen LogP contribution in [0.4, 0.5) is 5.69 Å². The number of amidine groups is 1. The van der Waals surface area contributed by atoms with Crippen molar-refractivity contribution in [1.29, 1.82) is 0 Å². The zero-order valence-corrected chi connectivity index (χ0v) is 13.6. The monoisotopic (exact) mass is 318 g/mol. The van der Waals surface area contributed by atoms with E-state index in [1.165, 1.54) is 7.11 Å². The molecule has 3 rings (SSSR count). The van der Waals surface area contributed by atoms with Gasteiger partial charge in [0.1, 0.15) is 5.92 Å². The smallest absolute Gasteiger partial charge is 0.318 e. The van der Waals surface area contributed by atoms with Crippen LogP contribution in [0.1, 0.15) is 24.0 Å². The molecular formula is C20H18N2O2. The fourth-order valence-corrected chi connectivity index (χ4v) is 2.68. The standard InChI is InChI=1S/C20H18N2O2/c1-14-19(20(23)24-2)16-10-6-7-11-17(16)22-18(21-14)13-12-15-8-4-3-5-9-15/h3-13,19H,1-2H3/b13-12+/t19-/m1/s1. The van der Waals surface area contributed by atoms with Gasteiger partial charge in [-0.05, 0) is 30.2 Å². The molecular weight excluding hydrogens is 300 g/mol. The number of aliphatic imine (C=N–C) groups is 2. The summed E-state index contributed by atoms with van der Waals surface area (Å²) in [6, 6.07) is 17.5. The van der Waals surface area contributed by atoms with E-state index < -0.39 is 5.92 Å². The Morgan fingerprint density at radius 3 is 2.46 bits per heavy atom. The predicted molar refractivity (Wildman–Crippen MR) is 96.9 cm³/mol. The molecule has 0 unspecified atom stereocenters. The van der Waals surface area contributed by atoms with Gasteiger partial charge in [-0.15, -0.1) is 0 Å². The molecule has 4 nitrogen and oxygen atoms in total. The number of ether oxygens (including phenoxy) is 1. The lowest BCUT2D eigenvalue weighted by Gasteiger charge is -2.14. The maximum Gasteiger partial charge on any atom is 0.318 e. The van der Waals surface area contributed by atoms with Crippen LogP contribution in [-0.4, -0.2) is 24.6 Å². The van der Waals surface area contributed by atoms with E-state index in [0.29, 0.717) is 11.5 Å². The first-order chi connectivity index (χ1) is 11.7. The third kappa shape index (κ3) is 3.33. The number of esters is 1. The number of benzene rings is 2. The number of carbonyl (C=O) groups excluding carboxylic acids is 1. The summed E-state index contributed by atoms with van der Waals surface area (Å²) < 4.78 is 4.95. The highest BCUT2D eigenvalue weighted by Gasteiger charge is 2.28. The van der Waals surface area contributed by atoms with Gasteiger partial charge in [-0.1, -0.05) is 54.6 Å². The van der Waals surface area contributed by atoms with Gasteiger partial charge in [0.15, 0.2) is 5.84 Å². The van der Waals surface area contributed by atoms with Crippen molar-refractivity contribution in [2.45, 2.75) is 12.8 Å². The minimum Gasteiger partial charge on any atom is -0.468 e. The summed E-state index contributed by atoms with van der Waals surface area (Å²) in [5, 5.41) is 0. The second-order valence-corrected chi connectivity index (χ2v) is 5.48. The van der Waals surface area contributed by atoms with E-state index >= 15 is 0 Å². The van der Waals surface area contributed by atoms with Crippen LogP contribution >= 0.6 is 0 Å². The van der Waals surface area contributed by atoms with E-state index in [-0.39, 0.29) is 5.97 Å². The predicted octanol–water partition coefficient (Wildman–Crippen LogP) is 4.16. The molecule has 0 bridgehead atoms. The maximum atomic E-state index is 12.2. The highest BCUT2D eigenvalue weighted by atomic mass is 16.5. The first-order valence-electron chi connectivity index (χ1n) is 7.73. The third-order valence-electron chi connectivity index (χ3n) is 3.85. The van der Waals surface area contributed by atoms with Crippen LogP contribution in [-0.2, 0) is 9.53 Å². The highest BCUT2D eigenvalue weighted by Crippen LogP contribution is 2.31. The molecule has 1 aliphatic heterocycles. The summed E-state index contributed by atoms with van der Waals surface area (Å²) in [4.78, 5) is 21.3. The average Bonchev–Trinajstić information content (AvgIpc) is 2.75. The van der Waals surface area contributed by atoms with Crippen molar-refractivity contribution in [2.24, 2.45) is 9.98 Å². The Bertz CT molecular complexity index is 836.